The van der Waals surface area contributed by atoms with Gasteiger partial charge >= 0.3 is 0 Å². The summed E-state index contributed by atoms with van der Waals surface area (Å²) in [6.45, 7) is 7.18. The zero-order valence-electron chi connectivity index (χ0n) is 20.2. The van der Waals surface area contributed by atoms with Gasteiger partial charge in [0.05, 0.1) is 18.7 Å². The van der Waals surface area contributed by atoms with Crippen LogP contribution in [0.15, 0.2) is 30.5 Å². The van der Waals surface area contributed by atoms with E-state index in [1.807, 2.05) is 24.0 Å². The molecule has 0 spiro atoms. The fraction of sp³-hybridized carbons (Fsp3) is 0.481. The molecule has 1 aliphatic carbocycles. The summed E-state index contributed by atoms with van der Waals surface area (Å²) < 4.78 is 5.07. The van der Waals surface area contributed by atoms with Crippen molar-refractivity contribution in [2.45, 2.75) is 52.1 Å². The van der Waals surface area contributed by atoms with E-state index in [1.165, 1.54) is 26.1 Å². The first-order valence-electron chi connectivity index (χ1n) is 12.0. The second-order valence-electron chi connectivity index (χ2n) is 9.54. The van der Waals surface area contributed by atoms with Crippen LogP contribution < -0.4 is 4.74 Å². The number of methoxy groups -OCH3 is 1. The molecule has 1 saturated heterocycles. The lowest BCUT2D eigenvalue weighted by Gasteiger charge is -2.40. The molecular formula is C27H32N4O3. The predicted molar refractivity (Wildman–Crippen MR) is 129 cm³/mol. The fourth-order valence-corrected chi connectivity index (χ4v) is 4.67. The summed E-state index contributed by atoms with van der Waals surface area (Å²) in [4.78, 5) is 34.0. The Morgan fingerprint density at radius 3 is 2.59 bits per heavy atom. The Morgan fingerprint density at radius 1 is 1.21 bits per heavy atom. The zero-order valence-corrected chi connectivity index (χ0v) is 20.2. The molecule has 1 amide bonds. The van der Waals surface area contributed by atoms with Gasteiger partial charge in [-0.05, 0) is 67.5 Å². The first kappa shape index (κ1) is 23.9. The number of amides is 1. The van der Waals surface area contributed by atoms with Crippen molar-refractivity contribution in [3.63, 3.8) is 0 Å². The van der Waals surface area contributed by atoms with E-state index >= 15 is 0 Å². The second kappa shape index (κ2) is 10.4. The fourth-order valence-electron chi connectivity index (χ4n) is 4.67. The Labute approximate surface area is 201 Å². The largest absolute Gasteiger partial charge is 0.481 e. The van der Waals surface area contributed by atoms with Gasteiger partial charge in [-0.1, -0.05) is 0 Å². The number of hydrogen-bond donors (Lipinski definition) is 0. The molecule has 7 heteroatoms. The highest BCUT2D eigenvalue weighted by Gasteiger charge is 2.32. The maximum Gasteiger partial charge on any atom is 0.223 e. The van der Waals surface area contributed by atoms with E-state index in [4.69, 9.17) is 4.74 Å². The number of benzene rings is 1. The minimum atomic E-state index is -0.0456. The first-order valence-corrected chi connectivity index (χ1v) is 12.0. The van der Waals surface area contributed by atoms with Crippen molar-refractivity contribution in [2.24, 2.45) is 5.92 Å². The van der Waals surface area contributed by atoms with Gasteiger partial charge in [-0.25, -0.2) is 4.98 Å². The first-order chi connectivity index (χ1) is 16.4. The van der Waals surface area contributed by atoms with Crippen LogP contribution in [0, 0.1) is 24.2 Å². The molecule has 2 aromatic rings. The molecule has 2 fully saturated rings. The highest BCUT2D eigenvalue weighted by molar-refractivity contribution is 5.97. The van der Waals surface area contributed by atoms with Crippen molar-refractivity contribution >= 4 is 11.7 Å². The third-order valence-electron chi connectivity index (χ3n) is 6.96. The van der Waals surface area contributed by atoms with Crippen LogP contribution in [-0.4, -0.2) is 59.3 Å². The van der Waals surface area contributed by atoms with E-state index in [0.29, 0.717) is 35.9 Å². The number of carbonyl (C=O) groups excluding carboxylic acids is 2. The van der Waals surface area contributed by atoms with Gasteiger partial charge in [-0.15, -0.1) is 0 Å². The Bertz CT molecular complexity index is 1100. The van der Waals surface area contributed by atoms with Gasteiger partial charge in [0.1, 0.15) is 0 Å². The SMILES string of the molecule is COc1ccc(C(=O)Cc2cc(C#N)cc(CN3CCN(C(=O)CC4CC4)[C@@H](C)C3)c2C)cn1. The highest BCUT2D eigenvalue weighted by Crippen LogP contribution is 2.33. The Morgan fingerprint density at radius 2 is 1.97 bits per heavy atom. The minimum Gasteiger partial charge on any atom is -0.481 e. The number of aromatic nitrogens is 1. The van der Waals surface area contributed by atoms with Crippen LogP contribution in [0.1, 0.15) is 58.8 Å². The zero-order chi connectivity index (χ0) is 24.2. The molecular weight excluding hydrogens is 428 g/mol. The van der Waals surface area contributed by atoms with Crippen molar-refractivity contribution in [1.82, 2.24) is 14.8 Å². The van der Waals surface area contributed by atoms with E-state index in [-0.39, 0.29) is 24.2 Å². The normalized spacial score (nSPS) is 18.4. The van der Waals surface area contributed by atoms with Crippen molar-refractivity contribution in [1.29, 1.82) is 5.26 Å². The number of hydrogen-bond acceptors (Lipinski definition) is 6. The van der Waals surface area contributed by atoms with Crippen LogP contribution >= 0.6 is 0 Å². The third-order valence-corrected chi connectivity index (χ3v) is 6.96. The summed E-state index contributed by atoms with van der Waals surface area (Å²) in [7, 11) is 1.54. The Kier molecular flexibility index (Phi) is 7.28. The monoisotopic (exact) mass is 460 g/mol. The number of Topliss-reactive ketones (excluding diaryl/α,β-unsaturated/α-hetero) is 1. The molecule has 0 bridgehead atoms. The predicted octanol–water partition coefficient (Wildman–Crippen LogP) is 3.53. The number of pyridine rings is 1. The lowest BCUT2D eigenvalue weighted by atomic mass is 9.93. The number of ketones is 1. The number of piperazine rings is 1. The van der Waals surface area contributed by atoms with Crippen LogP contribution in [0.2, 0.25) is 0 Å². The standard InChI is InChI=1S/C27H32N4O3/c1-18-16-30(8-9-31(18)27(33)12-20-4-5-20)17-24-11-21(14-28)10-23(19(24)2)13-25(32)22-6-7-26(34-3)29-15-22/h6-7,10-11,15,18,20H,4-5,8-9,12-13,16-17H2,1-3H3/t18-/m0/s1. The smallest absolute Gasteiger partial charge is 0.223 e. The average Bonchev–Trinajstić information content (AvgIpc) is 3.65. The summed E-state index contributed by atoms with van der Waals surface area (Å²) in [5, 5.41) is 9.59. The van der Waals surface area contributed by atoms with Gasteiger partial charge in [0.15, 0.2) is 5.78 Å². The van der Waals surface area contributed by atoms with E-state index in [2.05, 4.69) is 22.9 Å². The molecule has 2 heterocycles. The molecule has 178 valence electrons. The maximum atomic E-state index is 12.9. The molecule has 1 aromatic heterocycles. The molecule has 2 aliphatic rings. The lowest BCUT2D eigenvalue weighted by Crippen LogP contribution is -2.53. The van der Waals surface area contributed by atoms with Gasteiger partial charge in [-0.2, -0.15) is 5.26 Å². The number of carbonyl (C=O) groups is 2. The second-order valence-corrected chi connectivity index (χ2v) is 9.54. The van der Waals surface area contributed by atoms with Crippen LogP contribution in [0.4, 0.5) is 0 Å². The van der Waals surface area contributed by atoms with E-state index in [1.54, 1.807) is 12.1 Å². The van der Waals surface area contributed by atoms with Crippen LogP contribution in [0.5, 0.6) is 5.88 Å². The molecule has 1 saturated carbocycles. The topological polar surface area (TPSA) is 86.5 Å². The highest BCUT2D eigenvalue weighted by atomic mass is 16.5. The van der Waals surface area contributed by atoms with Gasteiger partial charge in [-0.3, -0.25) is 14.5 Å². The molecule has 4 rings (SSSR count). The molecule has 0 radical (unpaired) electrons. The number of rotatable bonds is 8. The Hall–Kier alpha value is -3.24. The van der Waals surface area contributed by atoms with Crippen molar-refractivity contribution < 1.29 is 14.3 Å². The summed E-state index contributed by atoms with van der Waals surface area (Å²) in [5.41, 5.74) is 4.03. The average molecular weight is 461 g/mol. The molecule has 7 nitrogen and oxygen atoms in total. The molecule has 1 atom stereocenters. The molecule has 0 N–H and O–H groups in total. The van der Waals surface area contributed by atoms with Gasteiger partial charge in [0.25, 0.3) is 0 Å². The van der Waals surface area contributed by atoms with Crippen LogP contribution in [0.25, 0.3) is 0 Å². The van der Waals surface area contributed by atoms with Crippen molar-refractivity contribution in [2.75, 3.05) is 26.7 Å². The van der Waals surface area contributed by atoms with E-state index < -0.39 is 0 Å². The van der Waals surface area contributed by atoms with Gasteiger partial charge in [0.2, 0.25) is 11.8 Å². The molecule has 1 aliphatic heterocycles. The van der Waals surface area contributed by atoms with Crippen LogP contribution in [0.3, 0.4) is 0 Å². The molecule has 34 heavy (non-hydrogen) atoms. The molecule has 0 unspecified atom stereocenters. The van der Waals surface area contributed by atoms with Gasteiger partial charge < -0.3 is 9.64 Å². The van der Waals surface area contributed by atoms with Crippen molar-refractivity contribution in [3.8, 4) is 11.9 Å². The van der Waals surface area contributed by atoms with Crippen LogP contribution in [-0.2, 0) is 17.8 Å². The van der Waals surface area contributed by atoms with Gasteiger partial charge in [0, 0.05) is 62.9 Å². The third kappa shape index (κ3) is 5.63. The maximum absolute atomic E-state index is 12.9. The quantitative estimate of drug-likeness (QED) is 0.560. The summed E-state index contributed by atoms with van der Waals surface area (Å²) in [6.07, 6.45) is 4.80. The van der Waals surface area contributed by atoms with Crippen molar-refractivity contribution in [3.05, 3.63) is 58.3 Å². The van der Waals surface area contributed by atoms with E-state index in [0.717, 1.165) is 36.3 Å². The number of ether oxygens (including phenoxy) is 1. The number of nitrogens with zero attached hydrogens (tertiary/aromatic N) is 4. The number of nitriles is 1. The summed E-state index contributed by atoms with van der Waals surface area (Å²) >= 11 is 0. The summed E-state index contributed by atoms with van der Waals surface area (Å²) in [5.74, 6) is 1.30. The minimum absolute atomic E-state index is 0.0456. The molecule has 1 aromatic carbocycles. The van der Waals surface area contributed by atoms with E-state index in [9.17, 15) is 14.9 Å². The Balaban J connectivity index is 1.45. The summed E-state index contributed by atoms with van der Waals surface area (Å²) in [6, 6.07) is 9.53. The lowest BCUT2D eigenvalue weighted by molar-refractivity contribution is -0.136.